The van der Waals surface area contributed by atoms with E-state index in [1.807, 2.05) is 19.2 Å². The summed E-state index contributed by atoms with van der Waals surface area (Å²) >= 11 is 0. The molecule has 0 atom stereocenters. The second-order valence-corrected chi connectivity index (χ2v) is 4.51. The topological polar surface area (TPSA) is 44.1 Å². The van der Waals surface area contributed by atoms with Crippen LogP contribution in [0, 0.1) is 6.92 Å². The Morgan fingerprint density at radius 3 is 2.72 bits per heavy atom. The number of hydrogen-bond acceptors (Lipinski definition) is 2. The molecule has 2 N–H and O–H groups in total. The summed E-state index contributed by atoms with van der Waals surface area (Å²) in [5, 5.41) is 2.44. The summed E-state index contributed by atoms with van der Waals surface area (Å²) in [5.41, 5.74) is 3.35. The van der Waals surface area contributed by atoms with Crippen LogP contribution < -0.4 is 15.3 Å². The first kappa shape index (κ1) is 10.9. The molecule has 2 aromatic heterocycles. The molecule has 3 rings (SSSR count). The Kier molecular flexibility index (Phi) is 2.20. The van der Waals surface area contributed by atoms with Gasteiger partial charge in [-0.1, -0.05) is 4.68 Å². The molecule has 92 valence electrons. The van der Waals surface area contributed by atoms with E-state index in [0.29, 0.717) is 0 Å². The van der Waals surface area contributed by atoms with E-state index in [1.165, 1.54) is 10.8 Å². The fraction of sp³-hybridized carbons (Fsp3) is 0.214. The van der Waals surface area contributed by atoms with Crippen molar-refractivity contribution < 1.29 is 9.41 Å². The number of nitrogens with zero attached hydrogens (tertiary/aromatic N) is 2. The highest BCUT2D eigenvalue weighted by Crippen LogP contribution is 2.30. The number of nitrogens with two attached hydrogens (primary N) is 1. The molecule has 0 saturated heterocycles. The van der Waals surface area contributed by atoms with Gasteiger partial charge in [0.2, 0.25) is 5.69 Å². The number of ether oxygens (including phenoxy) is 1. The maximum absolute atomic E-state index is 5.91. The zero-order valence-corrected chi connectivity index (χ0v) is 10.8. The smallest absolute Gasteiger partial charge is 0.232 e. The van der Waals surface area contributed by atoms with Crippen LogP contribution in [0.15, 0.2) is 30.5 Å². The molecule has 0 aliphatic carbocycles. The van der Waals surface area contributed by atoms with Gasteiger partial charge in [-0.15, -0.1) is 0 Å². The first-order valence-electron chi connectivity index (χ1n) is 5.86. The van der Waals surface area contributed by atoms with Crippen molar-refractivity contribution in [1.29, 1.82) is 0 Å². The molecule has 1 aromatic carbocycles. The van der Waals surface area contributed by atoms with Gasteiger partial charge in [0.05, 0.1) is 12.6 Å². The van der Waals surface area contributed by atoms with Crippen LogP contribution in [-0.4, -0.2) is 11.7 Å². The van der Waals surface area contributed by atoms with Gasteiger partial charge < -0.3 is 9.30 Å². The summed E-state index contributed by atoms with van der Waals surface area (Å²) in [6.07, 6.45) is 1.89. The number of aromatic nitrogens is 2. The molecule has 0 saturated carbocycles. The average molecular weight is 242 g/mol. The fourth-order valence-corrected chi connectivity index (χ4v) is 2.57. The van der Waals surface area contributed by atoms with Crippen molar-refractivity contribution in [3.63, 3.8) is 0 Å². The Morgan fingerprint density at radius 2 is 2.00 bits per heavy atom. The molecule has 0 radical (unpaired) electrons. The standard InChI is InChI=1S/C14H16N3O/c1-9-14-12(6-7-17(9)15)11-5-4-10(18-3)8-13(11)16(14)2/h4-8H,15H2,1-3H3/q+1. The third kappa shape index (κ3) is 1.29. The maximum Gasteiger partial charge on any atom is 0.232 e. The van der Waals surface area contributed by atoms with E-state index in [1.54, 1.807) is 11.8 Å². The van der Waals surface area contributed by atoms with Gasteiger partial charge in [-0.2, -0.15) is 0 Å². The molecular weight excluding hydrogens is 226 g/mol. The van der Waals surface area contributed by atoms with Crippen LogP contribution in [0.5, 0.6) is 5.75 Å². The first-order valence-corrected chi connectivity index (χ1v) is 5.86. The molecule has 4 nitrogen and oxygen atoms in total. The minimum absolute atomic E-state index is 0.867. The summed E-state index contributed by atoms with van der Waals surface area (Å²) in [5.74, 6) is 6.78. The van der Waals surface area contributed by atoms with Crippen LogP contribution >= 0.6 is 0 Å². The van der Waals surface area contributed by atoms with Crippen molar-refractivity contribution in [2.24, 2.45) is 7.05 Å². The third-order valence-corrected chi connectivity index (χ3v) is 3.58. The number of nitrogen functional groups attached to an aromatic ring is 1. The largest absolute Gasteiger partial charge is 0.497 e. The van der Waals surface area contributed by atoms with Gasteiger partial charge in [0.15, 0.2) is 6.20 Å². The number of pyridine rings is 1. The monoisotopic (exact) mass is 242 g/mol. The van der Waals surface area contributed by atoms with Crippen LogP contribution in [0.25, 0.3) is 21.8 Å². The number of hydrogen-bond donors (Lipinski definition) is 1. The highest BCUT2D eigenvalue weighted by atomic mass is 16.5. The van der Waals surface area contributed by atoms with Crippen molar-refractivity contribution >= 4 is 21.8 Å². The van der Waals surface area contributed by atoms with E-state index in [-0.39, 0.29) is 0 Å². The molecule has 0 amide bonds. The molecule has 18 heavy (non-hydrogen) atoms. The van der Waals surface area contributed by atoms with Crippen LogP contribution in [-0.2, 0) is 7.05 Å². The van der Waals surface area contributed by atoms with Gasteiger partial charge >= 0.3 is 0 Å². The van der Waals surface area contributed by atoms with Crippen LogP contribution in [0.3, 0.4) is 0 Å². The number of benzene rings is 1. The van der Waals surface area contributed by atoms with Crippen LogP contribution in [0.2, 0.25) is 0 Å². The molecule has 3 aromatic rings. The maximum atomic E-state index is 5.91. The highest BCUT2D eigenvalue weighted by molar-refractivity contribution is 6.08. The van der Waals surface area contributed by atoms with Crippen LogP contribution in [0.4, 0.5) is 0 Å². The minimum atomic E-state index is 0.867. The lowest BCUT2D eigenvalue weighted by molar-refractivity contribution is -0.644. The summed E-state index contributed by atoms with van der Waals surface area (Å²) in [7, 11) is 3.74. The molecule has 0 bridgehead atoms. The summed E-state index contributed by atoms with van der Waals surface area (Å²) in [6.45, 7) is 2.03. The Labute approximate surface area is 105 Å². The van der Waals surface area contributed by atoms with Crippen molar-refractivity contribution in [2.45, 2.75) is 6.92 Å². The molecule has 0 fully saturated rings. The molecule has 0 aliphatic heterocycles. The number of aryl methyl sites for hydroxylation is 2. The summed E-state index contributed by atoms with van der Waals surface area (Å²) in [6, 6.07) is 8.18. The average Bonchev–Trinajstić information content (AvgIpc) is 2.67. The molecule has 0 unspecified atom stereocenters. The molecule has 4 heteroatoms. The summed E-state index contributed by atoms with van der Waals surface area (Å²) in [4.78, 5) is 0. The zero-order valence-electron chi connectivity index (χ0n) is 10.8. The SMILES string of the molecule is COc1ccc2c3cc[n+](N)c(C)c3n(C)c2c1. The second-order valence-electron chi connectivity index (χ2n) is 4.51. The molecule has 0 aliphatic rings. The molecular formula is C14H16N3O+. The lowest BCUT2D eigenvalue weighted by atomic mass is 10.1. The molecule has 0 spiro atoms. The van der Waals surface area contributed by atoms with Gasteiger partial charge in [-0.05, 0) is 12.1 Å². The molecule has 2 heterocycles. The lowest BCUT2D eigenvalue weighted by Crippen LogP contribution is -2.46. The number of fused-ring (bicyclic) bond motifs is 3. The van der Waals surface area contributed by atoms with E-state index < -0.39 is 0 Å². The Hall–Kier alpha value is -2.23. The van der Waals surface area contributed by atoms with Gasteiger partial charge in [-0.25, -0.2) is 5.84 Å². The number of methoxy groups -OCH3 is 1. The van der Waals surface area contributed by atoms with E-state index in [9.17, 15) is 0 Å². The Balaban J connectivity index is 2.53. The van der Waals surface area contributed by atoms with E-state index in [0.717, 1.165) is 22.5 Å². The predicted octanol–water partition coefficient (Wildman–Crippen LogP) is 1.65. The zero-order chi connectivity index (χ0) is 12.9. The van der Waals surface area contributed by atoms with Gasteiger partial charge in [0, 0.05) is 36.9 Å². The summed E-state index contributed by atoms with van der Waals surface area (Å²) < 4.78 is 9.09. The normalized spacial score (nSPS) is 11.3. The Morgan fingerprint density at radius 1 is 1.22 bits per heavy atom. The van der Waals surface area contributed by atoms with E-state index in [4.69, 9.17) is 10.6 Å². The minimum Gasteiger partial charge on any atom is -0.497 e. The first-order chi connectivity index (χ1) is 8.63. The van der Waals surface area contributed by atoms with Gasteiger partial charge in [0.25, 0.3) is 0 Å². The van der Waals surface area contributed by atoms with Crippen LogP contribution in [0.1, 0.15) is 5.69 Å². The van der Waals surface area contributed by atoms with Gasteiger partial charge in [-0.3, -0.25) is 0 Å². The van der Waals surface area contributed by atoms with Gasteiger partial charge in [0.1, 0.15) is 11.3 Å². The third-order valence-electron chi connectivity index (χ3n) is 3.58. The van der Waals surface area contributed by atoms with E-state index >= 15 is 0 Å². The number of rotatable bonds is 1. The lowest BCUT2D eigenvalue weighted by Gasteiger charge is -2.01. The second kappa shape index (κ2) is 3.63. The quantitative estimate of drug-likeness (QED) is 0.521. The Bertz CT molecular complexity index is 759. The highest BCUT2D eigenvalue weighted by Gasteiger charge is 2.16. The predicted molar refractivity (Wildman–Crippen MR) is 72.1 cm³/mol. The fourth-order valence-electron chi connectivity index (χ4n) is 2.57. The van der Waals surface area contributed by atoms with Crippen molar-refractivity contribution in [1.82, 2.24) is 4.57 Å². The van der Waals surface area contributed by atoms with Crippen molar-refractivity contribution in [2.75, 3.05) is 13.0 Å². The van der Waals surface area contributed by atoms with Crippen molar-refractivity contribution in [3.8, 4) is 5.75 Å². The van der Waals surface area contributed by atoms with E-state index in [2.05, 4.69) is 29.8 Å². The van der Waals surface area contributed by atoms with Crippen molar-refractivity contribution in [3.05, 3.63) is 36.2 Å².